The second-order valence-electron chi connectivity index (χ2n) is 14.7. The van der Waals surface area contributed by atoms with Crippen LogP contribution in [-0.4, -0.2) is 15.7 Å². The highest BCUT2D eigenvalue weighted by molar-refractivity contribution is 6.05. The van der Waals surface area contributed by atoms with Gasteiger partial charge in [0, 0.05) is 33.4 Å². The molecule has 2 aromatic heterocycles. The van der Waals surface area contributed by atoms with E-state index in [2.05, 4.69) is 93.6 Å². The molecule has 0 bridgehead atoms. The van der Waals surface area contributed by atoms with Crippen LogP contribution in [0.4, 0.5) is 0 Å². The minimum absolute atomic E-state index is 0.0943. The highest BCUT2D eigenvalue weighted by atomic mass is 16.4. The quantitative estimate of drug-likeness (QED) is 0.186. The number of para-hydroxylation sites is 4. The van der Waals surface area contributed by atoms with Gasteiger partial charge in [0.25, 0.3) is 0 Å². The maximum Gasteiger partial charge on any atom is 0.227 e. The zero-order chi connectivity index (χ0) is 35.0. The van der Waals surface area contributed by atoms with E-state index in [1.165, 1.54) is 44.5 Å². The summed E-state index contributed by atoms with van der Waals surface area (Å²) in [6.45, 7) is 6.98. The van der Waals surface area contributed by atoms with Crippen molar-refractivity contribution in [2.45, 2.75) is 51.9 Å². The molecule has 2 aliphatic carbocycles. The van der Waals surface area contributed by atoms with Crippen LogP contribution in [0, 0.1) is 0 Å². The summed E-state index contributed by atoms with van der Waals surface area (Å²) in [6.07, 6.45) is 8.40. The van der Waals surface area contributed by atoms with Crippen molar-refractivity contribution in [1.29, 1.82) is 0 Å². The van der Waals surface area contributed by atoms with Gasteiger partial charge < -0.3 is 8.83 Å². The molecule has 0 amide bonds. The van der Waals surface area contributed by atoms with E-state index in [1.807, 2.05) is 48.5 Å². The molecule has 0 saturated heterocycles. The molecular formula is C47H37N3O2. The van der Waals surface area contributed by atoms with Gasteiger partial charge >= 0.3 is 0 Å². The van der Waals surface area contributed by atoms with E-state index >= 15 is 0 Å². The Morgan fingerprint density at radius 3 is 1.94 bits per heavy atom. The smallest absolute Gasteiger partial charge is 0.227 e. The third kappa shape index (κ3) is 4.95. The van der Waals surface area contributed by atoms with Crippen molar-refractivity contribution in [1.82, 2.24) is 9.97 Å². The van der Waals surface area contributed by atoms with Gasteiger partial charge in [0.1, 0.15) is 11.0 Å². The Labute approximate surface area is 302 Å². The molecular weight excluding hydrogens is 639 g/mol. The van der Waals surface area contributed by atoms with Gasteiger partial charge in [0.2, 0.25) is 11.8 Å². The van der Waals surface area contributed by atoms with Crippen LogP contribution in [-0.2, 0) is 5.41 Å². The first kappa shape index (κ1) is 30.7. The van der Waals surface area contributed by atoms with Crippen molar-refractivity contribution in [3.63, 3.8) is 0 Å². The lowest BCUT2D eigenvalue weighted by atomic mass is 9.81. The third-order valence-electron chi connectivity index (χ3n) is 11.1. The average molecular weight is 676 g/mol. The van der Waals surface area contributed by atoms with E-state index in [0.717, 1.165) is 76.0 Å². The van der Waals surface area contributed by atoms with Crippen LogP contribution in [0.5, 0.6) is 0 Å². The summed E-state index contributed by atoms with van der Waals surface area (Å²) in [4.78, 5) is 15.5. The molecule has 5 aromatic carbocycles. The fourth-order valence-corrected chi connectivity index (χ4v) is 8.35. The summed E-state index contributed by atoms with van der Waals surface area (Å²) in [5.41, 5.74) is 18.3. The summed E-state index contributed by atoms with van der Waals surface area (Å²) in [7, 11) is 0. The molecule has 0 saturated carbocycles. The molecule has 3 heterocycles. The topological polar surface area (TPSA) is 64.4 Å². The van der Waals surface area contributed by atoms with Gasteiger partial charge in [0.15, 0.2) is 11.2 Å². The van der Waals surface area contributed by atoms with E-state index in [0.29, 0.717) is 11.8 Å². The molecule has 5 nitrogen and oxygen atoms in total. The van der Waals surface area contributed by atoms with Crippen LogP contribution < -0.4 is 0 Å². The van der Waals surface area contributed by atoms with Crippen molar-refractivity contribution in [2.75, 3.05) is 0 Å². The molecule has 10 rings (SSSR count). The number of nitrogens with zero attached hydrogens (tertiary/aromatic N) is 3. The second-order valence-corrected chi connectivity index (χ2v) is 14.7. The van der Waals surface area contributed by atoms with Crippen LogP contribution in [0.2, 0.25) is 0 Å². The van der Waals surface area contributed by atoms with Crippen LogP contribution in [0.3, 0.4) is 0 Å². The van der Waals surface area contributed by atoms with Gasteiger partial charge in [-0.25, -0.2) is 9.97 Å². The summed E-state index contributed by atoms with van der Waals surface area (Å²) in [5.74, 6) is 1.10. The molecule has 0 radical (unpaired) electrons. The fourth-order valence-electron chi connectivity index (χ4n) is 8.35. The van der Waals surface area contributed by atoms with Gasteiger partial charge in [-0.15, -0.1) is 0 Å². The van der Waals surface area contributed by atoms with Crippen LogP contribution >= 0.6 is 0 Å². The van der Waals surface area contributed by atoms with Gasteiger partial charge in [0.05, 0.1) is 5.70 Å². The van der Waals surface area contributed by atoms with Crippen LogP contribution in [0.25, 0.3) is 61.9 Å². The third-order valence-corrected chi connectivity index (χ3v) is 11.1. The predicted molar refractivity (Wildman–Crippen MR) is 210 cm³/mol. The zero-order valence-electron chi connectivity index (χ0n) is 29.5. The van der Waals surface area contributed by atoms with Crippen molar-refractivity contribution >= 4 is 33.6 Å². The molecule has 3 aliphatic rings. The normalized spacial score (nSPS) is 19.2. The van der Waals surface area contributed by atoms with Crippen molar-refractivity contribution in [2.24, 2.45) is 4.99 Å². The Hall–Kier alpha value is -6.07. The lowest BCUT2D eigenvalue weighted by Crippen LogP contribution is -2.16. The minimum Gasteiger partial charge on any atom is -0.436 e. The standard InChI is InChI=1S/C47H37N3O2/c1-28-20-23-39(29-21-22-35-34-13-6-7-15-37(34)47(2,3)38(35)27-29)48-44(36-14-5-4-12-33(28)36)30-24-31(45-49-40-16-8-10-18-42(40)51-45)26-32(25-30)46-50-41-17-9-11-19-43(41)52-46/h5-11,13-19,21-22,24-27H,4,12,20,23H2,1-3H3/b33-28+,44-36-,48-39?. The van der Waals surface area contributed by atoms with E-state index in [1.54, 1.807) is 0 Å². The van der Waals surface area contributed by atoms with Gasteiger partial charge in [-0.05, 0) is 115 Å². The zero-order valence-corrected chi connectivity index (χ0v) is 29.5. The predicted octanol–water partition coefficient (Wildman–Crippen LogP) is 12.3. The highest BCUT2D eigenvalue weighted by Crippen LogP contribution is 2.49. The first-order valence-electron chi connectivity index (χ1n) is 18.2. The van der Waals surface area contributed by atoms with Crippen molar-refractivity contribution in [3.05, 3.63) is 160 Å². The molecule has 0 atom stereocenters. The molecule has 7 aromatic rings. The Bertz CT molecular complexity index is 2570. The molecule has 0 fully saturated rings. The SMILES string of the molecule is C/C1=C2/CCC=C/C2=C(\c2cc(-c3nc4ccccc4o3)cc(-c3nc4ccccc4o3)c2)N=C(c2ccc3c(c2)C(C)(C)c2ccccc2-3)CC1. The lowest BCUT2D eigenvalue weighted by molar-refractivity contribution is 0.617. The maximum absolute atomic E-state index is 6.36. The van der Waals surface area contributed by atoms with Crippen molar-refractivity contribution in [3.8, 4) is 34.0 Å². The summed E-state index contributed by atoms with van der Waals surface area (Å²) in [5, 5.41) is 0. The van der Waals surface area contributed by atoms with E-state index in [4.69, 9.17) is 23.8 Å². The molecule has 5 heteroatoms. The number of fused-ring (bicyclic) bond motifs is 6. The number of aliphatic imine (C=N–C) groups is 1. The Morgan fingerprint density at radius 2 is 1.23 bits per heavy atom. The fraction of sp³-hybridized carbons (Fsp3) is 0.170. The minimum atomic E-state index is -0.0943. The Balaban J connectivity index is 1.20. The maximum atomic E-state index is 6.36. The number of benzene rings is 5. The number of rotatable bonds is 4. The van der Waals surface area contributed by atoms with E-state index in [9.17, 15) is 0 Å². The van der Waals surface area contributed by atoms with Crippen LogP contribution in [0.15, 0.2) is 152 Å². The first-order valence-corrected chi connectivity index (χ1v) is 18.2. The summed E-state index contributed by atoms with van der Waals surface area (Å²) >= 11 is 0. The lowest BCUT2D eigenvalue weighted by Gasteiger charge is -2.24. The summed E-state index contributed by atoms with van der Waals surface area (Å²) < 4.78 is 12.7. The summed E-state index contributed by atoms with van der Waals surface area (Å²) in [6, 6.07) is 38.0. The van der Waals surface area contributed by atoms with E-state index in [-0.39, 0.29) is 5.41 Å². The highest BCUT2D eigenvalue weighted by Gasteiger charge is 2.35. The van der Waals surface area contributed by atoms with Gasteiger partial charge in [-0.1, -0.05) is 92.2 Å². The largest absolute Gasteiger partial charge is 0.436 e. The monoisotopic (exact) mass is 675 g/mol. The molecule has 252 valence electrons. The second kappa shape index (κ2) is 11.7. The van der Waals surface area contributed by atoms with Crippen LogP contribution in [0.1, 0.15) is 68.7 Å². The Morgan fingerprint density at radius 1 is 0.596 bits per heavy atom. The number of oxazole rings is 2. The molecule has 52 heavy (non-hydrogen) atoms. The number of aromatic nitrogens is 2. The number of hydrogen-bond donors (Lipinski definition) is 0. The van der Waals surface area contributed by atoms with Gasteiger partial charge in [-0.3, -0.25) is 4.99 Å². The number of hydrogen-bond acceptors (Lipinski definition) is 5. The van der Waals surface area contributed by atoms with Gasteiger partial charge in [-0.2, -0.15) is 0 Å². The molecule has 0 spiro atoms. The van der Waals surface area contributed by atoms with Crippen molar-refractivity contribution < 1.29 is 8.83 Å². The first-order chi connectivity index (χ1) is 25.4. The average Bonchev–Trinajstić information content (AvgIpc) is 3.87. The van der Waals surface area contributed by atoms with E-state index < -0.39 is 0 Å². The molecule has 1 aliphatic heterocycles. The molecule has 0 N–H and O–H groups in total. The molecule has 0 unspecified atom stereocenters. The number of allylic oxidation sites excluding steroid dienone is 5. The Kier molecular flexibility index (Phi) is 6.94.